The normalized spacial score (nSPS) is 10.0. The molecule has 0 rings (SSSR count). The summed E-state index contributed by atoms with van der Waals surface area (Å²) in [6.45, 7) is -0.169. The van der Waals surface area contributed by atoms with E-state index in [1.54, 1.807) is 0 Å². The second kappa shape index (κ2) is 3.08. The average molecular weight is 89.1 g/mol. The van der Waals surface area contributed by atoms with Crippen molar-refractivity contribution in [1.29, 1.82) is 0 Å². The van der Waals surface area contributed by atoms with Crippen LogP contribution in [0.25, 0.3) is 0 Å². The fourth-order valence-corrected chi connectivity index (χ4v) is 0.136. The predicted molar refractivity (Wildman–Crippen MR) is 22.3 cm³/mol. The van der Waals surface area contributed by atoms with Gasteiger partial charge < -0.3 is 11.5 Å². The van der Waals surface area contributed by atoms with E-state index in [0.29, 0.717) is 6.42 Å². The molecule has 6 heavy (non-hydrogen) atoms. The molecule has 0 unspecified atom stereocenters. The molecule has 0 saturated carbocycles. The lowest BCUT2D eigenvalue weighted by Gasteiger charge is -1.95. The molecule has 0 bridgehead atoms. The highest BCUT2D eigenvalue weighted by Gasteiger charge is 1.87. The summed E-state index contributed by atoms with van der Waals surface area (Å²) in [5.41, 5.74) is 9.96. The van der Waals surface area contributed by atoms with Gasteiger partial charge in [0, 0.05) is 6.42 Å². The van der Waals surface area contributed by atoms with Crippen molar-refractivity contribution < 1.29 is 5.11 Å². The van der Waals surface area contributed by atoms with E-state index in [0.717, 1.165) is 0 Å². The molecule has 3 nitrogen and oxygen atoms in total. The van der Waals surface area contributed by atoms with Crippen LogP contribution in [-0.2, 0) is 5.11 Å². The fraction of sp³-hybridized carbons (Fsp3) is 1.00. The lowest BCUT2D eigenvalue weighted by atomic mass is 10.4. The van der Waals surface area contributed by atoms with Crippen LogP contribution in [0.5, 0.6) is 0 Å². The van der Waals surface area contributed by atoms with Crippen LogP contribution in [0.3, 0.4) is 0 Å². The molecule has 37 valence electrons. The van der Waals surface area contributed by atoms with Gasteiger partial charge in [-0.3, -0.25) is 0 Å². The quantitative estimate of drug-likeness (QED) is 0.428. The fourth-order valence-electron chi connectivity index (χ4n) is 0.136. The Hall–Kier alpha value is -0.120. The number of hydrogen-bond donors (Lipinski definition) is 2. The summed E-state index contributed by atoms with van der Waals surface area (Å²) in [5.74, 6) is 0. The Kier molecular flexibility index (Phi) is 3.02. The minimum Gasteiger partial charge on any atom is -0.316 e. The summed E-state index contributed by atoms with van der Waals surface area (Å²) in [6, 6.07) is 0. The lowest BCUT2D eigenvalue weighted by molar-refractivity contribution is 0.182. The minimum atomic E-state index is -0.414. The van der Waals surface area contributed by atoms with E-state index >= 15 is 0 Å². The van der Waals surface area contributed by atoms with E-state index in [-0.39, 0.29) is 6.61 Å². The van der Waals surface area contributed by atoms with Gasteiger partial charge >= 0.3 is 0 Å². The largest absolute Gasteiger partial charge is 0.316 e. The third-order valence-electron chi connectivity index (χ3n) is 0.451. The Balaban J connectivity index is 2.63. The van der Waals surface area contributed by atoms with Crippen LogP contribution in [0.1, 0.15) is 6.42 Å². The highest BCUT2D eigenvalue weighted by Crippen LogP contribution is 1.72. The molecule has 0 saturated heterocycles. The molecule has 0 aliphatic carbocycles. The Morgan fingerprint density at radius 3 is 2.00 bits per heavy atom. The van der Waals surface area contributed by atoms with Gasteiger partial charge in [0.05, 0.1) is 12.8 Å². The second-order valence-electron chi connectivity index (χ2n) is 1.16. The first-order valence-electron chi connectivity index (χ1n) is 1.86. The Morgan fingerprint density at radius 2 is 2.00 bits per heavy atom. The molecule has 4 N–H and O–H groups in total. The third kappa shape index (κ3) is 3.88. The molecule has 0 heterocycles. The van der Waals surface area contributed by atoms with Gasteiger partial charge in [0.1, 0.15) is 0 Å². The molecule has 0 aromatic rings. The number of rotatable bonds is 2. The van der Waals surface area contributed by atoms with E-state index in [4.69, 9.17) is 11.5 Å². The van der Waals surface area contributed by atoms with Gasteiger partial charge in [-0.05, 0) is 0 Å². The summed E-state index contributed by atoms with van der Waals surface area (Å²) < 4.78 is 0. The SMILES string of the molecule is NC(N)CC[O]. The molecular weight excluding hydrogens is 80.0 g/mol. The van der Waals surface area contributed by atoms with E-state index in [9.17, 15) is 5.11 Å². The molecular formula is C3H9N2O. The van der Waals surface area contributed by atoms with Crippen molar-refractivity contribution in [3.05, 3.63) is 0 Å². The van der Waals surface area contributed by atoms with Gasteiger partial charge in [0.25, 0.3) is 0 Å². The topological polar surface area (TPSA) is 71.9 Å². The van der Waals surface area contributed by atoms with Crippen molar-refractivity contribution >= 4 is 0 Å². The Bertz CT molecular complexity index is 30.0. The zero-order chi connectivity index (χ0) is 4.99. The standard InChI is InChI=1S/C3H9N2O/c4-3(5)1-2-6/h3H,1-2,4-5H2. The van der Waals surface area contributed by atoms with E-state index in [1.807, 2.05) is 0 Å². The van der Waals surface area contributed by atoms with Gasteiger partial charge in [-0.15, -0.1) is 0 Å². The Morgan fingerprint density at radius 1 is 1.50 bits per heavy atom. The zero-order valence-corrected chi connectivity index (χ0v) is 3.55. The smallest absolute Gasteiger partial charge is 0.0849 e. The molecule has 0 aromatic carbocycles. The summed E-state index contributed by atoms with van der Waals surface area (Å²) in [7, 11) is 0. The first-order valence-corrected chi connectivity index (χ1v) is 1.86. The van der Waals surface area contributed by atoms with E-state index in [2.05, 4.69) is 0 Å². The molecule has 0 atom stereocenters. The van der Waals surface area contributed by atoms with Crippen molar-refractivity contribution in [2.24, 2.45) is 11.5 Å². The number of nitrogens with two attached hydrogens (primary N) is 2. The maximum Gasteiger partial charge on any atom is 0.0849 e. The van der Waals surface area contributed by atoms with E-state index in [1.165, 1.54) is 0 Å². The minimum absolute atomic E-state index is 0.169. The molecule has 0 aliphatic heterocycles. The number of hydrogen-bond acceptors (Lipinski definition) is 2. The monoisotopic (exact) mass is 89.1 g/mol. The van der Waals surface area contributed by atoms with Crippen LogP contribution in [0.4, 0.5) is 0 Å². The zero-order valence-electron chi connectivity index (χ0n) is 3.55. The maximum absolute atomic E-state index is 9.58. The van der Waals surface area contributed by atoms with Gasteiger partial charge in [-0.2, -0.15) is 0 Å². The van der Waals surface area contributed by atoms with Crippen molar-refractivity contribution in [1.82, 2.24) is 0 Å². The van der Waals surface area contributed by atoms with Crippen molar-refractivity contribution in [2.75, 3.05) is 6.61 Å². The van der Waals surface area contributed by atoms with Crippen LogP contribution in [0.15, 0.2) is 0 Å². The summed E-state index contributed by atoms with van der Waals surface area (Å²) in [4.78, 5) is 0. The molecule has 3 heteroatoms. The molecule has 0 aromatic heterocycles. The van der Waals surface area contributed by atoms with Gasteiger partial charge in [0.15, 0.2) is 0 Å². The molecule has 1 radical (unpaired) electrons. The van der Waals surface area contributed by atoms with Gasteiger partial charge in [-0.1, -0.05) is 0 Å². The van der Waals surface area contributed by atoms with Gasteiger partial charge in [0.2, 0.25) is 0 Å². The van der Waals surface area contributed by atoms with Crippen molar-refractivity contribution in [2.45, 2.75) is 12.6 Å². The van der Waals surface area contributed by atoms with Crippen molar-refractivity contribution in [3.63, 3.8) is 0 Å². The lowest BCUT2D eigenvalue weighted by Crippen LogP contribution is -2.30. The van der Waals surface area contributed by atoms with Crippen LogP contribution in [0, 0.1) is 0 Å². The highest BCUT2D eigenvalue weighted by atomic mass is 16.3. The molecule has 0 spiro atoms. The first kappa shape index (κ1) is 5.88. The summed E-state index contributed by atoms with van der Waals surface area (Å²) in [5, 5.41) is 9.58. The van der Waals surface area contributed by atoms with Crippen LogP contribution >= 0.6 is 0 Å². The van der Waals surface area contributed by atoms with Crippen molar-refractivity contribution in [3.8, 4) is 0 Å². The van der Waals surface area contributed by atoms with E-state index < -0.39 is 6.17 Å². The molecule has 0 amide bonds. The molecule has 0 aliphatic rings. The predicted octanol–water partition coefficient (Wildman–Crippen LogP) is -0.950. The maximum atomic E-state index is 9.58. The Labute approximate surface area is 36.9 Å². The highest BCUT2D eigenvalue weighted by molar-refractivity contribution is 4.45. The third-order valence-corrected chi connectivity index (χ3v) is 0.451. The average Bonchev–Trinajstić information content (AvgIpc) is 1.35. The van der Waals surface area contributed by atoms with Gasteiger partial charge in [-0.25, -0.2) is 5.11 Å². The molecule has 0 fully saturated rings. The van der Waals surface area contributed by atoms with Crippen LogP contribution in [-0.4, -0.2) is 12.8 Å². The summed E-state index contributed by atoms with van der Waals surface area (Å²) in [6.07, 6.45) is -0.0394. The second-order valence-corrected chi connectivity index (χ2v) is 1.16. The van der Waals surface area contributed by atoms with Crippen LogP contribution < -0.4 is 11.5 Å². The first-order chi connectivity index (χ1) is 2.77. The van der Waals surface area contributed by atoms with Crippen LogP contribution in [0.2, 0.25) is 0 Å². The summed E-state index contributed by atoms with van der Waals surface area (Å²) >= 11 is 0.